The summed E-state index contributed by atoms with van der Waals surface area (Å²) in [5, 5.41) is 19.9. The third-order valence-electron chi connectivity index (χ3n) is 7.96. The minimum atomic E-state index is -0.602. The number of hydrogen-bond donors (Lipinski definition) is 2. The normalized spacial score (nSPS) is 13.0. The number of aliphatic imine (C=N–C) groups is 1. The second-order valence-corrected chi connectivity index (χ2v) is 11.7. The first-order valence-electron chi connectivity index (χ1n) is 14.0. The highest BCUT2D eigenvalue weighted by atomic mass is 19.1. The molecule has 0 atom stereocenters. The van der Waals surface area contributed by atoms with Crippen molar-refractivity contribution in [2.45, 2.75) is 45.9 Å². The van der Waals surface area contributed by atoms with Crippen LogP contribution >= 0.6 is 0 Å². The molecule has 0 unspecified atom stereocenters. The van der Waals surface area contributed by atoms with Crippen molar-refractivity contribution in [1.29, 1.82) is 0 Å². The fraction of sp³-hybridized carbons (Fsp3) is 0.273. The second kappa shape index (κ2) is 10.9. The fourth-order valence-electron chi connectivity index (χ4n) is 5.59. The first-order valence-corrected chi connectivity index (χ1v) is 14.0. The van der Waals surface area contributed by atoms with E-state index >= 15 is 4.39 Å². The van der Waals surface area contributed by atoms with Crippen LogP contribution < -0.4 is 11.3 Å². The number of benzene rings is 3. The van der Waals surface area contributed by atoms with Gasteiger partial charge in [0.1, 0.15) is 11.7 Å². The summed E-state index contributed by atoms with van der Waals surface area (Å²) in [5.41, 5.74) is 12.1. The summed E-state index contributed by atoms with van der Waals surface area (Å²) < 4.78 is 23.5. The number of fused-ring (bicyclic) bond motifs is 2. The van der Waals surface area contributed by atoms with E-state index in [0.717, 1.165) is 38.1 Å². The van der Waals surface area contributed by atoms with E-state index in [-0.39, 0.29) is 17.4 Å². The molecule has 5 aromatic rings. The maximum Gasteiger partial charge on any atom is 0.282 e. The van der Waals surface area contributed by atoms with Crippen LogP contribution in [-0.2, 0) is 29.8 Å². The number of methoxy groups -OCH3 is 1. The van der Waals surface area contributed by atoms with Gasteiger partial charge in [0, 0.05) is 35.4 Å². The summed E-state index contributed by atoms with van der Waals surface area (Å²) in [6, 6.07) is 12.5. The Kier molecular flexibility index (Phi) is 7.19. The Morgan fingerprint density at radius 2 is 1.84 bits per heavy atom. The van der Waals surface area contributed by atoms with Crippen molar-refractivity contribution in [2.24, 2.45) is 10.7 Å². The van der Waals surface area contributed by atoms with E-state index < -0.39 is 11.4 Å². The number of aromatic nitrogens is 4. The highest BCUT2D eigenvalue weighted by Gasteiger charge is 2.24. The third-order valence-corrected chi connectivity index (χ3v) is 7.96. The Morgan fingerprint density at radius 1 is 1.05 bits per heavy atom. The summed E-state index contributed by atoms with van der Waals surface area (Å²) in [6.07, 6.45) is 5.24. The molecule has 0 bridgehead atoms. The fourth-order valence-corrected chi connectivity index (χ4v) is 5.59. The highest BCUT2D eigenvalue weighted by Crippen LogP contribution is 2.37. The zero-order valence-electron chi connectivity index (χ0n) is 24.6. The van der Waals surface area contributed by atoms with E-state index in [1.54, 1.807) is 31.5 Å². The van der Waals surface area contributed by atoms with E-state index in [9.17, 15) is 9.90 Å². The molecule has 3 aromatic carbocycles. The van der Waals surface area contributed by atoms with Crippen LogP contribution in [0, 0.1) is 5.82 Å². The van der Waals surface area contributed by atoms with Crippen molar-refractivity contribution in [1.82, 2.24) is 19.6 Å². The van der Waals surface area contributed by atoms with Gasteiger partial charge in [-0.1, -0.05) is 32.9 Å². The molecule has 0 aliphatic carbocycles. The maximum absolute atomic E-state index is 15.4. The molecule has 0 saturated carbocycles. The van der Waals surface area contributed by atoms with E-state index in [4.69, 9.17) is 10.5 Å². The van der Waals surface area contributed by atoms with Gasteiger partial charge in [0.25, 0.3) is 5.56 Å². The van der Waals surface area contributed by atoms with Crippen LogP contribution in [0.2, 0.25) is 0 Å². The SMILES string of the molecule is COCCn1cc(-c2cc(-c3cccc(-n4ncc5cc(C(C)(C)C)cc(F)c5c4=O)c3CO)cc3c2CN=C3N)cn1. The van der Waals surface area contributed by atoms with Gasteiger partial charge in [0.15, 0.2) is 0 Å². The third kappa shape index (κ3) is 5.02. The largest absolute Gasteiger partial charge is 0.392 e. The summed E-state index contributed by atoms with van der Waals surface area (Å²) in [6.45, 7) is 7.17. The Morgan fingerprint density at radius 3 is 2.58 bits per heavy atom. The number of halogens is 1. The predicted octanol–water partition coefficient (Wildman–Crippen LogP) is 4.71. The van der Waals surface area contributed by atoms with Gasteiger partial charge in [-0.05, 0) is 63.6 Å². The number of nitrogens with two attached hydrogens (primary N) is 1. The zero-order chi connectivity index (χ0) is 30.5. The maximum atomic E-state index is 15.4. The molecule has 6 rings (SSSR count). The van der Waals surface area contributed by atoms with E-state index in [0.29, 0.717) is 47.7 Å². The Hall–Kier alpha value is -4.67. The van der Waals surface area contributed by atoms with E-state index in [2.05, 4.69) is 15.2 Å². The molecule has 2 aromatic heterocycles. The minimum Gasteiger partial charge on any atom is -0.392 e. The van der Waals surface area contributed by atoms with Gasteiger partial charge in [-0.3, -0.25) is 14.5 Å². The van der Waals surface area contributed by atoms with Crippen molar-refractivity contribution >= 4 is 16.6 Å². The molecule has 9 nitrogen and oxygen atoms in total. The molecule has 1 aliphatic rings. The Labute approximate surface area is 248 Å². The molecule has 1 aliphatic heterocycles. The molecular formula is C33H33FN6O3. The van der Waals surface area contributed by atoms with Crippen molar-refractivity contribution in [3.8, 4) is 27.9 Å². The van der Waals surface area contributed by atoms with Gasteiger partial charge in [-0.15, -0.1) is 0 Å². The summed E-state index contributed by atoms with van der Waals surface area (Å²) in [7, 11) is 1.65. The first kappa shape index (κ1) is 28.4. The molecule has 43 heavy (non-hydrogen) atoms. The van der Waals surface area contributed by atoms with Crippen LogP contribution in [0.1, 0.15) is 43.0 Å². The van der Waals surface area contributed by atoms with Crippen LogP contribution in [0.3, 0.4) is 0 Å². The van der Waals surface area contributed by atoms with Crippen LogP contribution in [-0.4, -0.2) is 44.2 Å². The molecule has 0 amide bonds. The molecule has 0 spiro atoms. The standard InChI is InChI=1S/C33H33FN6O3/c1-33(2,3)22-10-20-14-38-40(32(42)30(20)28(34)13-22)29-7-5-6-23(27(29)18-41)19-11-24(26-16-36-31(35)25(26)12-19)21-15-37-39(17-21)8-9-43-4/h5-7,10-15,17,41H,8-9,16,18H2,1-4H3,(H2,35,36). The number of hydrogen-bond acceptors (Lipinski definition) is 7. The van der Waals surface area contributed by atoms with Crippen LogP contribution in [0.15, 0.2) is 70.8 Å². The number of aliphatic hydroxyl groups excluding tert-OH is 1. The average molecular weight is 581 g/mol. The minimum absolute atomic E-state index is 0.0495. The van der Waals surface area contributed by atoms with Gasteiger partial charge >= 0.3 is 0 Å². The zero-order valence-corrected chi connectivity index (χ0v) is 24.6. The van der Waals surface area contributed by atoms with Gasteiger partial charge in [0.05, 0.1) is 49.8 Å². The van der Waals surface area contributed by atoms with E-state index in [1.165, 1.54) is 12.3 Å². The van der Waals surface area contributed by atoms with Crippen LogP contribution in [0.25, 0.3) is 38.7 Å². The molecule has 3 N–H and O–H groups in total. The molecule has 220 valence electrons. The number of nitrogens with zero attached hydrogens (tertiary/aromatic N) is 5. The monoisotopic (exact) mass is 580 g/mol. The van der Waals surface area contributed by atoms with Gasteiger partial charge < -0.3 is 15.6 Å². The number of ether oxygens (including phenoxy) is 1. The smallest absolute Gasteiger partial charge is 0.282 e. The number of rotatable bonds is 7. The summed E-state index contributed by atoms with van der Waals surface area (Å²) in [5.74, 6) is -0.168. The lowest BCUT2D eigenvalue weighted by molar-refractivity contribution is 0.183. The molecule has 10 heteroatoms. The Bertz CT molecular complexity index is 1970. The number of amidine groups is 1. The predicted molar refractivity (Wildman–Crippen MR) is 165 cm³/mol. The average Bonchev–Trinajstić information content (AvgIpc) is 3.61. The number of aliphatic hydroxyl groups is 1. The van der Waals surface area contributed by atoms with Crippen molar-refractivity contribution in [3.05, 3.63) is 99.5 Å². The van der Waals surface area contributed by atoms with Crippen molar-refractivity contribution in [3.63, 3.8) is 0 Å². The second-order valence-electron chi connectivity index (χ2n) is 11.7. The first-order chi connectivity index (χ1) is 20.6. The van der Waals surface area contributed by atoms with Gasteiger partial charge in [-0.2, -0.15) is 14.9 Å². The Balaban J connectivity index is 1.51. The molecule has 0 fully saturated rings. The van der Waals surface area contributed by atoms with E-state index in [1.807, 2.05) is 49.8 Å². The molecule has 3 heterocycles. The lowest BCUT2D eigenvalue weighted by Gasteiger charge is -2.20. The lowest BCUT2D eigenvalue weighted by Crippen LogP contribution is -2.24. The van der Waals surface area contributed by atoms with Crippen LogP contribution in [0.4, 0.5) is 4.39 Å². The van der Waals surface area contributed by atoms with Gasteiger partial charge in [0.2, 0.25) is 0 Å². The van der Waals surface area contributed by atoms with Crippen molar-refractivity contribution < 1.29 is 14.2 Å². The van der Waals surface area contributed by atoms with Gasteiger partial charge in [-0.25, -0.2) is 4.39 Å². The quantitative estimate of drug-likeness (QED) is 0.288. The van der Waals surface area contributed by atoms with Crippen molar-refractivity contribution in [2.75, 3.05) is 13.7 Å². The molecule has 0 radical (unpaired) electrons. The summed E-state index contributed by atoms with van der Waals surface area (Å²) in [4.78, 5) is 18.1. The van der Waals surface area contributed by atoms with Crippen LogP contribution in [0.5, 0.6) is 0 Å². The lowest BCUT2D eigenvalue weighted by atomic mass is 9.86. The molecular weight excluding hydrogens is 547 g/mol. The summed E-state index contributed by atoms with van der Waals surface area (Å²) >= 11 is 0. The topological polar surface area (TPSA) is 121 Å². The molecule has 0 saturated heterocycles. The highest BCUT2D eigenvalue weighted by molar-refractivity contribution is 6.04.